The summed E-state index contributed by atoms with van der Waals surface area (Å²) in [6.45, 7) is 6.61. The lowest BCUT2D eigenvalue weighted by atomic mass is 9.84. The molecule has 0 aliphatic carbocycles. The Balaban J connectivity index is 2.52. The predicted molar refractivity (Wildman–Crippen MR) is 73.6 cm³/mol. The lowest BCUT2D eigenvalue weighted by Crippen LogP contribution is -2.12. The Morgan fingerprint density at radius 1 is 1.18 bits per heavy atom. The van der Waals surface area contributed by atoms with E-state index in [1.807, 2.05) is 6.07 Å². The van der Waals surface area contributed by atoms with Crippen LogP contribution < -0.4 is 0 Å². The van der Waals surface area contributed by atoms with Crippen LogP contribution in [0.2, 0.25) is 0 Å². The van der Waals surface area contributed by atoms with E-state index in [9.17, 15) is 0 Å². The van der Waals surface area contributed by atoms with Crippen molar-refractivity contribution in [2.75, 3.05) is 0 Å². The van der Waals surface area contributed by atoms with Crippen molar-refractivity contribution in [2.24, 2.45) is 0 Å². The fourth-order valence-corrected chi connectivity index (χ4v) is 2.69. The molecule has 0 saturated heterocycles. The van der Waals surface area contributed by atoms with Gasteiger partial charge in [-0.2, -0.15) is 0 Å². The number of hydrogen-bond acceptors (Lipinski definition) is 3. The van der Waals surface area contributed by atoms with Crippen molar-refractivity contribution < 1.29 is 0 Å². The third kappa shape index (κ3) is 2.67. The quantitative estimate of drug-likeness (QED) is 0.760. The summed E-state index contributed by atoms with van der Waals surface area (Å²) in [5, 5.41) is 10.1. The summed E-state index contributed by atoms with van der Waals surface area (Å²) in [5.74, 6) is 0.426. The van der Waals surface area contributed by atoms with E-state index in [1.54, 1.807) is 11.3 Å². The fraction of sp³-hybridized carbons (Fsp3) is 0.385. The van der Waals surface area contributed by atoms with Crippen LogP contribution in [-0.2, 0) is 11.3 Å². The molecule has 2 rings (SSSR count). The summed E-state index contributed by atoms with van der Waals surface area (Å²) >= 11 is 7.33. The van der Waals surface area contributed by atoms with E-state index >= 15 is 0 Å². The molecule has 0 radical (unpaired) electrons. The monoisotopic (exact) mass is 266 g/mol. The highest BCUT2D eigenvalue weighted by Gasteiger charge is 2.20. The van der Waals surface area contributed by atoms with Gasteiger partial charge in [0.05, 0.1) is 5.88 Å². The van der Waals surface area contributed by atoms with E-state index < -0.39 is 0 Å². The Bertz CT molecular complexity index is 514. The van der Waals surface area contributed by atoms with Crippen molar-refractivity contribution >= 4 is 22.9 Å². The average molecular weight is 267 g/mol. The molecular formula is C13H15ClN2S. The molecule has 2 nitrogen and oxygen atoms in total. The van der Waals surface area contributed by atoms with Crippen LogP contribution in [0.15, 0.2) is 24.3 Å². The van der Waals surface area contributed by atoms with Gasteiger partial charge in [0.2, 0.25) is 0 Å². The lowest BCUT2D eigenvalue weighted by Gasteiger charge is -2.21. The molecular weight excluding hydrogens is 252 g/mol. The molecule has 1 heterocycles. The van der Waals surface area contributed by atoms with Crippen molar-refractivity contribution in [3.63, 3.8) is 0 Å². The van der Waals surface area contributed by atoms with E-state index in [-0.39, 0.29) is 5.41 Å². The molecule has 0 bridgehead atoms. The minimum absolute atomic E-state index is 0.101. The van der Waals surface area contributed by atoms with E-state index in [0.29, 0.717) is 5.88 Å². The minimum atomic E-state index is 0.101. The normalized spacial score (nSPS) is 11.8. The zero-order valence-electron chi connectivity index (χ0n) is 10.2. The standard InChI is InChI=1S/C13H15ClN2S/c1-13(2,3)10-7-5-4-6-9(10)12-16-15-11(8-14)17-12/h4-7H,8H2,1-3H3. The first-order valence-electron chi connectivity index (χ1n) is 5.50. The number of halogens is 1. The first kappa shape index (κ1) is 12.5. The second-order valence-electron chi connectivity index (χ2n) is 4.93. The second-order valence-corrected chi connectivity index (χ2v) is 6.26. The van der Waals surface area contributed by atoms with Gasteiger partial charge in [0.15, 0.2) is 0 Å². The molecule has 0 fully saturated rings. The maximum absolute atomic E-state index is 5.77. The van der Waals surface area contributed by atoms with Gasteiger partial charge in [-0.3, -0.25) is 0 Å². The first-order chi connectivity index (χ1) is 8.02. The molecule has 1 aromatic carbocycles. The number of rotatable bonds is 2. The maximum Gasteiger partial charge on any atom is 0.148 e. The van der Waals surface area contributed by atoms with Crippen LogP contribution in [0.25, 0.3) is 10.6 Å². The topological polar surface area (TPSA) is 25.8 Å². The van der Waals surface area contributed by atoms with Crippen molar-refractivity contribution in [3.8, 4) is 10.6 Å². The molecule has 0 unspecified atom stereocenters. The second kappa shape index (κ2) is 4.75. The molecule has 0 aliphatic rings. The molecule has 4 heteroatoms. The highest BCUT2D eigenvalue weighted by molar-refractivity contribution is 7.14. The smallest absolute Gasteiger partial charge is 0.142 e. The molecule has 90 valence electrons. The van der Waals surface area contributed by atoms with E-state index in [1.165, 1.54) is 5.56 Å². The molecule has 1 aromatic heterocycles. The third-order valence-electron chi connectivity index (χ3n) is 2.55. The van der Waals surface area contributed by atoms with Gasteiger partial charge in [-0.05, 0) is 11.0 Å². The minimum Gasteiger partial charge on any atom is -0.142 e. The summed E-state index contributed by atoms with van der Waals surface area (Å²) in [6.07, 6.45) is 0. The average Bonchev–Trinajstić information content (AvgIpc) is 2.76. The molecule has 0 spiro atoms. The highest BCUT2D eigenvalue weighted by Crippen LogP contribution is 2.34. The number of alkyl halides is 1. The van der Waals surface area contributed by atoms with Gasteiger partial charge in [-0.25, -0.2) is 0 Å². The van der Waals surface area contributed by atoms with Crippen molar-refractivity contribution in [3.05, 3.63) is 34.8 Å². The lowest BCUT2D eigenvalue weighted by molar-refractivity contribution is 0.592. The van der Waals surface area contributed by atoms with Crippen molar-refractivity contribution in [2.45, 2.75) is 32.1 Å². The van der Waals surface area contributed by atoms with Crippen LogP contribution in [-0.4, -0.2) is 10.2 Å². The van der Waals surface area contributed by atoms with E-state index in [4.69, 9.17) is 11.6 Å². The number of aromatic nitrogens is 2. The maximum atomic E-state index is 5.77. The van der Waals surface area contributed by atoms with Crippen LogP contribution in [0.5, 0.6) is 0 Å². The molecule has 0 atom stereocenters. The van der Waals surface area contributed by atoms with Gasteiger partial charge >= 0.3 is 0 Å². The Labute approximate surface area is 111 Å². The van der Waals surface area contributed by atoms with Gasteiger partial charge in [0.25, 0.3) is 0 Å². The number of hydrogen-bond donors (Lipinski definition) is 0. The van der Waals surface area contributed by atoms with Gasteiger partial charge in [-0.1, -0.05) is 56.4 Å². The van der Waals surface area contributed by atoms with Gasteiger partial charge in [0.1, 0.15) is 10.0 Å². The molecule has 0 aliphatic heterocycles. The Morgan fingerprint density at radius 2 is 1.88 bits per heavy atom. The first-order valence-corrected chi connectivity index (χ1v) is 6.85. The molecule has 2 aromatic rings. The summed E-state index contributed by atoms with van der Waals surface area (Å²) in [5.41, 5.74) is 2.55. The van der Waals surface area contributed by atoms with Gasteiger partial charge in [0, 0.05) is 5.56 Å². The molecule has 0 N–H and O–H groups in total. The Morgan fingerprint density at radius 3 is 2.47 bits per heavy atom. The summed E-state index contributed by atoms with van der Waals surface area (Å²) in [7, 11) is 0. The number of benzene rings is 1. The Kier molecular flexibility index (Phi) is 3.50. The SMILES string of the molecule is CC(C)(C)c1ccccc1-c1nnc(CCl)s1. The summed E-state index contributed by atoms with van der Waals surface area (Å²) in [4.78, 5) is 0. The third-order valence-corrected chi connectivity index (χ3v) is 3.91. The molecule has 0 amide bonds. The van der Waals surface area contributed by atoms with Crippen molar-refractivity contribution in [1.82, 2.24) is 10.2 Å². The van der Waals surface area contributed by atoms with Gasteiger partial charge < -0.3 is 0 Å². The van der Waals surface area contributed by atoms with Crippen LogP contribution in [0, 0.1) is 0 Å². The fourth-order valence-electron chi connectivity index (χ4n) is 1.74. The number of nitrogens with zero attached hydrogens (tertiary/aromatic N) is 2. The van der Waals surface area contributed by atoms with Crippen LogP contribution >= 0.6 is 22.9 Å². The molecule has 0 saturated carbocycles. The zero-order chi connectivity index (χ0) is 12.5. The molecule has 17 heavy (non-hydrogen) atoms. The highest BCUT2D eigenvalue weighted by atomic mass is 35.5. The summed E-state index contributed by atoms with van der Waals surface area (Å²) in [6, 6.07) is 8.34. The largest absolute Gasteiger partial charge is 0.148 e. The summed E-state index contributed by atoms with van der Waals surface area (Å²) < 4.78 is 0. The van der Waals surface area contributed by atoms with Gasteiger partial charge in [-0.15, -0.1) is 21.8 Å². The zero-order valence-corrected chi connectivity index (χ0v) is 11.8. The van der Waals surface area contributed by atoms with Crippen molar-refractivity contribution in [1.29, 1.82) is 0 Å². The van der Waals surface area contributed by atoms with Crippen LogP contribution in [0.1, 0.15) is 31.3 Å². The van der Waals surface area contributed by atoms with E-state index in [2.05, 4.69) is 49.2 Å². The predicted octanol–water partition coefficient (Wildman–Crippen LogP) is 4.24. The van der Waals surface area contributed by atoms with E-state index in [0.717, 1.165) is 15.6 Å². The van der Waals surface area contributed by atoms with Crippen LogP contribution in [0.4, 0.5) is 0 Å². The van der Waals surface area contributed by atoms with Crippen LogP contribution in [0.3, 0.4) is 0 Å². The Hall–Kier alpha value is -0.930.